The molecule has 0 atom stereocenters. The highest BCUT2D eigenvalue weighted by molar-refractivity contribution is 7.85. The average molecular weight is 250 g/mol. The van der Waals surface area contributed by atoms with Gasteiger partial charge in [-0.25, -0.2) is 0 Å². The third-order valence-electron chi connectivity index (χ3n) is 2.79. The number of hydrogen-bond donors (Lipinski definition) is 0. The largest absolute Gasteiger partial charge is 0.376 e. The molecule has 0 spiro atoms. The molecule has 0 unspecified atom stereocenters. The van der Waals surface area contributed by atoms with Crippen molar-refractivity contribution < 1.29 is 17.3 Å². The van der Waals surface area contributed by atoms with Gasteiger partial charge in [0.15, 0.2) is 0 Å². The van der Waals surface area contributed by atoms with E-state index in [4.69, 9.17) is 4.74 Å². The Morgan fingerprint density at radius 3 is 2.12 bits per heavy atom. The molecule has 4 nitrogen and oxygen atoms in total. The summed E-state index contributed by atoms with van der Waals surface area (Å²) in [6.07, 6.45) is 9.91. The van der Waals surface area contributed by atoms with E-state index >= 15 is 0 Å². The second-order valence-electron chi connectivity index (χ2n) is 4.36. The van der Waals surface area contributed by atoms with Gasteiger partial charge in [0.1, 0.15) is 0 Å². The lowest BCUT2D eigenvalue weighted by Gasteiger charge is -2.20. The van der Waals surface area contributed by atoms with Gasteiger partial charge < -0.3 is 4.74 Å². The van der Waals surface area contributed by atoms with Crippen molar-refractivity contribution in [2.24, 2.45) is 0 Å². The van der Waals surface area contributed by atoms with E-state index in [0.29, 0.717) is 12.7 Å². The van der Waals surface area contributed by atoms with Crippen molar-refractivity contribution in [2.45, 2.75) is 51.0 Å². The maximum Gasteiger partial charge on any atom is 0.264 e. The zero-order chi connectivity index (χ0) is 11.9. The summed E-state index contributed by atoms with van der Waals surface area (Å²) in [6.45, 7) is 0.507. The van der Waals surface area contributed by atoms with E-state index in [1.165, 1.54) is 32.1 Å². The quantitative estimate of drug-likeness (QED) is 0.554. The van der Waals surface area contributed by atoms with Crippen LogP contribution in [0, 0.1) is 0 Å². The van der Waals surface area contributed by atoms with Crippen LogP contribution in [-0.2, 0) is 19.0 Å². The molecule has 1 fully saturated rings. The number of ether oxygens (including phenoxy) is 1. The summed E-state index contributed by atoms with van der Waals surface area (Å²) in [5.41, 5.74) is 0. The van der Waals surface area contributed by atoms with Gasteiger partial charge in [0.2, 0.25) is 0 Å². The molecule has 0 saturated heterocycles. The minimum Gasteiger partial charge on any atom is -0.376 e. The van der Waals surface area contributed by atoms with Crippen LogP contribution >= 0.6 is 0 Å². The van der Waals surface area contributed by atoms with Gasteiger partial charge in [-0.05, 0) is 12.8 Å². The molecule has 0 aromatic carbocycles. The average Bonchev–Trinajstić information content (AvgIpc) is 2.13. The fourth-order valence-electron chi connectivity index (χ4n) is 1.99. The lowest BCUT2D eigenvalue weighted by atomic mass is 9.99. The van der Waals surface area contributed by atoms with Crippen molar-refractivity contribution in [1.82, 2.24) is 0 Å². The third-order valence-corrected chi connectivity index (χ3v) is 3.38. The Hall–Kier alpha value is -0.130. The maximum atomic E-state index is 10.7. The van der Waals surface area contributed by atoms with E-state index in [1.807, 2.05) is 0 Å². The summed E-state index contributed by atoms with van der Waals surface area (Å²) in [5, 5.41) is 0. The second-order valence-corrected chi connectivity index (χ2v) is 6.01. The summed E-state index contributed by atoms with van der Waals surface area (Å²) >= 11 is 0. The highest BCUT2D eigenvalue weighted by Crippen LogP contribution is 2.19. The topological polar surface area (TPSA) is 52.6 Å². The first-order valence-corrected chi connectivity index (χ1v) is 7.85. The molecule has 0 radical (unpaired) electrons. The Morgan fingerprint density at radius 1 is 1.00 bits per heavy atom. The molecule has 1 saturated carbocycles. The van der Waals surface area contributed by atoms with Gasteiger partial charge in [-0.1, -0.05) is 32.1 Å². The molecule has 96 valence electrons. The standard InChI is InChI=1S/C11H22O4S/c1-16(12,13)15-10-9-14-11-7-5-3-2-4-6-8-11/h11H,2-10H2,1H3. The monoisotopic (exact) mass is 250 g/mol. The maximum absolute atomic E-state index is 10.7. The molecular formula is C11H22O4S. The molecule has 1 rings (SSSR count). The predicted octanol–water partition coefficient (Wildman–Crippen LogP) is 2.09. The summed E-state index contributed by atoms with van der Waals surface area (Å²) in [6, 6.07) is 0. The van der Waals surface area contributed by atoms with Crippen LogP contribution in [0.3, 0.4) is 0 Å². The van der Waals surface area contributed by atoms with E-state index in [2.05, 4.69) is 4.18 Å². The first kappa shape index (κ1) is 13.9. The first-order chi connectivity index (χ1) is 7.58. The van der Waals surface area contributed by atoms with Gasteiger partial charge in [0.25, 0.3) is 10.1 Å². The zero-order valence-electron chi connectivity index (χ0n) is 9.98. The SMILES string of the molecule is CS(=O)(=O)OCCOC1CCCCCCC1. The van der Waals surface area contributed by atoms with Gasteiger partial charge in [-0.3, -0.25) is 4.18 Å². The molecule has 0 heterocycles. The van der Waals surface area contributed by atoms with Crippen LogP contribution in [0.25, 0.3) is 0 Å². The zero-order valence-corrected chi connectivity index (χ0v) is 10.8. The highest BCUT2D eigenvalue weighted by atomic mass is 32.2. The Balaban J connectivity index is 2.10. The van der Waals surface area contributed by atoms with Gasteiger partial charge in [-0.2, -0.15) is 8.42 Å². The normalized spacial score (nSPS) is 20.3. The van der Waals surface area contributed by atoms with Crippen molar-refractivity contribution >= 4 is 10.1 Å². The first-order valence-electron chi connectivity index (χ1n) is 6.04. The van der Waals surface area contributed by atoms with Gasteiger partial charge >= 0.3 is 0 Å². The van der Waals surface area contributed by atoms with Gasteiger partial charge in [0, 0.05) is 0 Å². The van der Waals surface area contributed by atoms with Crippen molar-refractivity contribution in [3.05, 3.63) is 0 Å². The van der Waals surface area contributed by atoms with E-state index in [9.17, 15) is 8.42 Å². The molecule has 0 bridgehead atoms. The fourth-order valence-corrected chi connectivity index (χ4v) is 2.36. The second kappa shape index (κ2) is 7.25. The Morgan fingerprint density at radius 2 is 1.56 bits per heavy atom. The predicted molar refractivity (Wildman–Crippen MR) is 62.9 cm³/mol. The molecule has 0 aliphatic heterocycles. The van der Waals surface area contributed by atoms with E-state index < -0.39 is 10.1 Å². The van der Waals surface area contributed by atoms with Crippen LogP contribution in [0.1, 0.15) is 44.9 Å². The van der Waals surface area contributed by atoms with Crippen LogP contribution in [0.5, 0.6) is 0 Å². The molecule has 0 N–H and O–H groups in total. The summed E-state index contributed by atoms with van der Waals surface area (Å²) in [5.74, 6) is 0. The molecule has 1 aliphatic carbocycles. The van der Waals surface area contributed by atoms with Crippen LogP contribution in [0.2, 0.25) is 0 Å². The number of rotatable bonds is 5. The molecule has 1 aliphatic rings. The molecule has 5 heteroatoms. The smallest absolute Gasteiger partial charge is 0.264 e. The van der Waals surface area contributed by atoms with Crippen LogP contribution < -0.4 is 0 Å². The number of hydrogen-bond acceptors (Lipinski definition) is 4. The Bertz CT molecular complexity index is 266. The Kier molecular flexibility index (Phi) is 6.31. The summed E-state index contributed by atoms with van der Waals surface area (Å²) in [7, 11) is -3.32. The van der Waals surface area contributed by atoms with Crippen molar-refractivity contribution in [3.8, 4) is 0 Å². The van der Waals surface area contributed by atoms with E-state index in [-0.39, 0.29) is 6.61 Å². The molecule has 0 aromatic heterocycles. The van der Waals surface area contributed by atoms with Crippen molar-refractivity contribution in [3.63, 3.8) is 0 Å². The van der Waals surface area contributed by atoms with Crippen molar-refractivity contribution in [1.29, 1.82) is 0 Å². The molecule has 0 aromatic rings. The minimum atomic E-state index is -3.32. The van der Waals surface area contributed by atoms with E-state index in [0.717, 1.165) is 19.1 Å². The third kappa shape index (κ3) is 7.19. The van der Waals surface area contributed by atoms with Crippen LogP contribution in [0.4, 0.5) is 0 Å². The summed E-state index contributed by atoms with van der Waals surface area (Å²) < 4.78 is 31.7. The molecule has 0 amide bonds. The molecule has 16 heavy (non-hydrogen) atoms. The fraction of sp³-hybridized carbons (Fsp3) is 1.00. The van der Waals surface area contributed by atoms with Gasteiger partial charge in [0.05, 0.1) is 25.6 Å². The Labute approximate surface area is 98.4 Å². The van der Waals surface area contributed by atoms with Crippen LogP contribution in [0.15, 0.2) is 0 Å². The van der Waals surface area contributed by atoms with Crippen molar-refractivity contribution in [2.75, 3.05) is 19.5 Å². The van der Waals surface area contributed by atoms with Gasteiger partial charge in [-0.15, -0.1) is 0 Å². The summed E-state index contributed by atoms with van der Waals surface area (Å²) in [4.78, 5) is 0. The minimum absolute atomic E-state index is 0.134. The lowest BCUT2D eigenvalue weighted by molar-refractivity contribution is 0.0201. The lowest BCUT2D eigenvalue weighted by Crippen LogP contribution is -2.18. The van der Waals surface area contributed by atoms with Crippen LogP contribution in [-0.4, -0.2) is 34.0 Å². The van der Waals surface area contributed by atoms with E-state index in [1.54, 1.807) is 0 Å². The highest BCUT2D eigenvalue weighted by Gasteiger charge is 2.11. The molecular weight excluding hydrogens is 228 g/mol.